The molecule has 1 saturated heterocycles. The number of carbonyl (C=O) groups is 4. The number of carboxylic acid groups (broad SMARTS) is 1. The van der Waals surface area contributed by atoms with Crippen LogP contribution in [0.25, 0.3) is 6.08 Å². The summed E-state index contributed by atoms with van der Waals surface area (Å²) < 4.78 is 15.8. The number of amides is 3. The quantitative estimate of drug-likeness (QED) is 0.287. The van der Waals surface area contributed by atoms with E-state index < -0.39 is 23.9 Å². The van der Waals surface area contributed by atoms with Gasteiger partial charge in [-0.15, -0.1) is 0 Å². The maximum atomic E-state index is 12.9. The minimum atomic E-state index is -1.01. The summed E-state index contributed by atoms with van der Waals surface area (Å²) >= 11 is 0. The lowest BCUT2D eigenvalue weighted by Gasteiger charge is -2.10. The molecule has 2 N–H and O–H groups in total. The Kier molecular flexibility index (Phi) is 6.63. The Hall–Kier alpha value is -4.86. The number of carboxylic acids is 1. The summed E-state index contributed by atoms with van der Waals surface area (Å²) in [6, 6.07) is 15.5. The lowest BCUT2D eigenvalue weighted by Crippen LogP contribution is -2.30. The molecule has 3 amide bonds. The van der Waals surface area contributed by atoms with Crippen molar-refractivity contribution < 1.29 is 38.2 Å². The van der Waals surface area contributed by atoms with Crippen molar-refractivity contribution >= 4 is 30.0 Å². The highest BCUT2D eigenvalue weighted by Crippen LogP contribution is 2.24. The fourth-order valence-electron chi connectivity index (χ4n) is 3.34. The number of rotatable bonds is 8. The zero-order valence-electron chi connectivity index (χ0n) is 18.5. The van der Waals surface area contributed by atoms with Gasteiger partial charge in [-0.3, -0.25) is 9.69 Å². The lowest BCUT2D eigenvalue weighted by molar-refractivity contribution is -0.123. The number of methoxy groups -OCH3 is 1. The number of esters is 1. The highest BCUT2D eigenvalue weighted by molar-refractivity contribution is 6.14. The van der Waals surface area contributed by atoms with Gasteiger partial charge >= 0.3 is 18.0 Å². The van der Waals surface area contributed by atoms with Crippen LogP contribution < -0.4 is 10.1 Å². The third-order valence-corrected chi connectivity index (χ3v) is 5.14. The number of benzene rings is 2. The van der Waals surface area contributed by atoms with E-state index in [1.807, 2.05) is 0 Å². The smallest absolute Gasteiger partial charge is 0.373 e. The Balaban J connectivity index is 1.47. The molecule has 0 atom stereocenters. The molecule has 0 saturated carbocycles. The first-order valence-corrected chi connectivity index (χ1v) is 10.4. The van der Waals surface area contributed by atoms with Crippen molar-refractivity contribution in [2.75, 3.05) is 7.11 Å². The van der Waals surface area contributed by atoms with Gasteiger partial charge < -0.3 is 24.3 Å². The molecule has 4 rings (SSSR count). The molecular formula is C25H20N2O8. The van der Waals surface area contributed by atoms with Gasteiger partial charge in [-0.1, -0.05) is 30.3 Å². The number of aromatic carboxylic acids is 1. The predicted octanol–water partition coefficient (Wildman–Crippen LogP) is 3.44. The SMILES string of the molecule is COC(=O)c1ccc(CN2C(=O)NC(=Cc3ccccc3OCc3ccc(C(=O)O)cc3)C2=O)o1. The van der Waals surface area contributed by atoms with E-state index in [1.165, 1.54) is 37.5 Å². The lowest BCUT2D eigenvalue weighted by atomic mass is 10.1. The molecule has 0 radical (unpaired) electrons. The Morgan fingerprint density at radius 3 is 2.51 bits per heavy atom. The van der Waals surface area contributed by atoms with E-state index in [2.05, 4.69) is 10.1 Å². The van der Waals surface area contributed by atoms with Crippen molar-refractivity contribution in [1.29, 1.82) is 0 Å². The zero-order chi connectivity index (χ0) is 24.9. The van der Waals surface area contributed by atoms with Gasteiger partial charge in [0.1, 0.15) is 23.8 Å². The number of ether oxygens (including phenoxy) is 2. The van der Waals surface area contributed by atoms with Crippen molar-refractivity contribution in [3.05, 3.63) is 94.6 Å². The number of hydrogen-bond donors (Lipinski definition) is 2. The van der Waals surface area contributed by atoms with Gasteiger partial charge in [-0.05, 0) is 42.0 Å². The summed E-state index contributed by atoms with van der Waals surface area (Å²) in [5, 5.41) is 11.5. The molecule has 0 unspecified atom stereocenters. The van der Waals surface area contributed by atoms with Crippen LogP contribution in [-0.2, 0) is 22.7 Å². The Morgan fingerprint density at radius 1 is 1.06 bits per heavy atom. The van der Waals surface area contributed by atoms with E-state index in [4.69, 9.17) is 14.3 Å². The zero-order valence-corrected chi connectivity index (χ0v) is 18.5. The number of carbonyl (C=O) groups excluding carboxylic acids is 3. The molecule has 1 aliphatic rings. The minimum Gasteiger partial charge on any atom is -0.488 e. The standard InChI is InChI=1S/C25H20N2O8/c1-33-24(31)21-11-10-18(35-21)13-27-22(28)19(26-25(27)32)12-17-4-2-3-5-20(17)34-14-15-6-8-16(9-7-15)23(29)30/h2-12H,13-14H2,1H3,(H,26,32)(H,29,30). The number of urea groups is 1. The second-order valence-electron chi connectivity index (χ2n) is 7.47. The average molecular weight is 476 g/mol. The number of nitrogens with one attached hydrogen (secondary N) is 1. The summed E-state index contributed by atoms with van der Waals surface area (Å²) in [7, 11) is 1.22. The summed E-state index contributed by atoms with van der Waals surface area (Å²) in [6.07, 6.45) is 1.51. The van der Waals surface area contributed by atoms with Crippen LogP contribution in [0.3, 0.4) is 0 Å². The second kappa shape index (κ2) is 9.96. The second-order valence-corrected chi connectivity index (χ2v) is 7.47. The van der Waals surface area contributed by atoms with Gasteiger partial charge in [0.15, 0.2) is 0 Å². The van der Waals surface area contributed by atoms with Gasteiger partial charge in [0.2, 0.25) is 5.76 Å². The minimum absolute atomic E-state index is 0.0333. The molecule has 1 aromatic heterocycles. The third-order valence-electron chi connectivity index (χ3n) is 5.14. The normalized spacial score (nSPS) is 14.2. The maximum absolute atomic E-state index is 12.9. The molecule has 1 fully saturated rings. The van der Waals surface area contributed by atoms with Gasteiger partial charge in [0.05, 0.1) is 19.2 Å². The van der Waals surface area contributed by atoms with E-state index in [1.54, 1.807) is 36.4 Å². The molecular weight excluding hydrogens is 456 g/mol. The fraction of sp³-hybridized carbons (Fsp3) is 0.120. The molecule has 0 aliphatic carbocycles. The highest BCUT2D eigenvalue weighted by atomic mass is 16.5. The van der Waals surface area contributed by atoms with Crippen LogP contribution in [-0.4, -0.2) is 41.0 Å². The number of imide groups is 1. The first-order valence-electron chi connectivity index (χ1n) is 10.4. The largest absolute Gasteiger partial charge is 0.488 e. The topological polar surface area (TPSA) is 135 Å². The van der Waals surface area contributed by atoms with Crippen LogP contribution in [0, 0.1) is 0 Å². The average Bonchev–Trinajstić information content (AvgIpc) is 3.43. The summed E-state index contributed by atoms with van der Waals surface area (Å²) in [5.41, 5.74) is 1.55. The third kappa shape index (κ3) is 5.22. The van der Waals surface area contributed by atoms with E-state index in [9.17, 15) is 19.2 Å². The molecule has 2 heterocycles. The predicted molar refractivity (Wildman–Crippen MR) is 121 cm³/mol. The van der Waals surface area contributed by atoms with Crippen molar-refractivity contribution in [2.24, 2.45) is 0 Å². The van der Waals surface area contributed by atoms with Gasteiger partial charge in [-0.25, -0.2) is 14.4 Å². The van der Waals surface area contributed by atoms with Crippen molar-refractivity contribution in [2.45, 2.75) is 13.2 Å². The Bertz CT molecular complexity index is 1320. The highest BCUT2D eigenvalue weighted by Gasteiger charge is 2.34. The first kappa shape index (κ1) is 23.3. The van der Waals surface area contributed by atoms with Crippen LogP contribution in [0.1, 0.15) is 37.8 Å². The summed E-state index contributed by atoms with van der Waals surface area (Å²) in [6.45, 7) is 0.0109. The molecule has 1 aliphatic heterocycles. The molecule has 2 aromatic carbocycles. The molecule has 35 heavy (non-hydrogen) atoms. The van der Waals surface area contributed by atoms with Gasteiger partial charge in [-0.2, -0.15) is 0 Å². The number of furan rings is 1. The Morgan fingerprint density at radius 2 is 1.80 bits per heavy atom. The van der Waals surface area contributed by atoms with Crippen molar-refractivity contribution in [3.8, 4) is 5.75 Å². The summed E-state index contributed by atoms with van der Waals surface area (Å²) in [5.74, 6) is -1.56. The maximum Gasteiger partial charge on any atom is 0.373 e. The molecule has 0 spiro atoms. The molecule has 10 nitrogen and oxygen atoms in total. The van der Waals surface area contributed by atoms with Gasteiger partial charge in [0.25, 0.3) is 5.91 Å². The monoisotopic (exact) mass is 476 g/mol. The number of hydrogen-bond acceptors (Lipinski definition) is 7. The van der Waals surface area contributed by atoms with Crippen LogP contribution >= 0.6 is 0 Å². The molecule has 10 heteroatoms. The molecule has 0 bridgehead atoms. The van der Waals surface area contributed by atoms with Crippen LogP contribution in [0.4, 0.5) is 4.79 Å². The first-order chi connectivity index (χ1) is 16.9. The number of nitrogens with zero attached hydrogens (tertiary/aromatic N) is 1. The van der Waals surface area contributed by atoms with Crippen LogP contribution in [0.5, 0.6) is 5.75 Å². The van der Waals surface area contributed by atoms with Crippen molar-refractivity contribution in [1.82, 2.24) is 10.2 Å². The van der Waals surface area contributed by atoms with Crippen LogP contribution in [0.2, 0.25) is 0 Å². The van der Waals surface area contributed by atoms with Crippen LogP contribution in [0.15, 0.2) is 70.8 Å². The van der Waals surface area contributed by atoms with E-state index in [0.29, 0.717) is 11.3 Å². The van der Waals surface area contributed by atoms with E-state index >= 15 is 0 Å². The van der Waals surface area contributed by atoms with Gasteiger partial charge in [0, 0.05) is 5.56 Å². The molecule has 3 aromatic rings. The fourth-order valence-corrected chi connectivity index (χ4v) is 3.34. The van der Waals surface area contributed by atoms with E-state index in [0.717, 1.165) is 10.5 Å². The van der Waals surface area contributed by atoms with E-state index in [-0.39, 0.29) is 35.9 Å². The summed E-state index contributed by atoms with van der Waals surface area (Å²) in [4.78, 5) is 48.8. The Labute approximate surface area is 199 Å². The number of para-hydroxylation sites is 1. The van der Waals surface area contributed by atoms with Crippen molar-refractivity contribution in [3.63, 3.8) is 0 Å². The molecule has 178 valence electrons.